The number of primary amides is 1. The second-order valence-electron chi connectivity index (χ2n) is 3.49. The summed E-state index contributed by atoms with van der Waals surface area (Å²) in [6.45, 7) is 0. The number of nitrogens with two attached hydrogens (primary N) is 1. The van der Waals surface area contributed by atoms with Crippen molar-refractivity contribution < 1.29 is 9.59 Å². The average molecular weight is 221 g/mol. The molecule has 1 rings (SSSR count). The Kier molecular flexibility index (Phi) is 4.98. The molecule has 1 atom stereocenters. The molecule has 5 nitrogen and oxygen atoms in total. The third kappa shape index (κ3) is 4.08. The molecule has 0 spiro atoms. The first-order chi connectivity index (χ1) is 7.74. The molecule has 0 bridgehead atoms. The predicted octanol–water partition coefficient (Wildman–Crippen LogP) is 0.00420. The van der Waals surface area contributed by atoms with E-state index in [0.717, 1.165) is 18.4 Å². The Morgan fingerprint density at radius 3 is 3.00 bits per heavy atom. The molecule has 1 heterocycles. The van der Waals surface area contributed by atoms with Crippen LogP contribution in [0.1, 0.15) is 18.4 Å². The molecule has 1 aromatic rings. The standard InChI is InChI=1S/C11H15N3O2/c12-11(16)10(14-8-15)5-1-3-9-4-2-6-13-7-9/h2,4,6-8,10H,1,3,5H2,(H2,12,16)(H,14,15). The number of hydrogen-bond acceptors (Lipinski definition) is 3. The Balaban J connectivity index is 2.33. The average Bonchev–Trinajstić information content (AvgIpc) is 2.29. The summed E-state index contributed by atoms with van der Waals surface area (Å²) in [5.41, 5.74) is 6.24. The van der Waals surface area contributed by atoms with Crippen molar-refractivity contribution in [2.45, 2.75) is 25.3 Å². The Morgan fingerprint density at radius 1 is 1.62 bits per heavy atom. The summed E-state index contributed by atoms with van der Waals surface area (Å²) >= 11 is 0. The number of carbonyl (C=O) groups is 2. The van der Waals surface area contributed by atoms with Crippen molar-refractivity contribution in [3.8, 4) is 0 Å². The maximum atomic E-state index is 10.9. The fourth-order valence-electron chi connectivity index (χ4n) is 1.45. The summed E-state index contributed by atoms with van der Waals surface area (Å²) in [6.07, 6.45) is 6.14. The molecule has 5 heteroatoms. The molecule has 0 saturated heterocycles. The van der Waals surface area contributed by atoms with E-state index < -0.39 is 11.9 Å². The van der Waals surface area contributed by atoms with Gasteiger partial charge in [-0.15, -0.1) is 0 Å². The predicted molar refractivity (Wildman–Crippen MR) is 59.4 cm³/mol. The van der Waals surface area contributed by atoms with Gasteiger partial charge in [0.1, 0.15) is 6.04 Å². The van der Waals surface area contributed by atoms with Gasteiger partial charge in [-0.2, -0.15) is 0 Å². The van der Waals surface area contributed by atoms with E-state index in [-0.39, 0.29) is 0 Å². The van der Waals surface area contributed by atoms with Gasteiger partial charge in [0.05, 0.1) is 0 Å². The molecule has 0 aliphatic rings. The molecule has 0 fully saturated rings. The first-order valence-corrected chi connectivity index (χ1v) is 5.12. The highest BCUT2D eigenvalue weighted by Crippen LogP contribution is 2.05. The molecule has 0 aromatic carbocycles. The van der Waals surface area contributed by atoms with Crippen LogP contribution in [0.25, 0.3) is 0 Å². The zero-order valence-corrected chi connectivity index (χ0v) is 8.93. The Bertz CT molecular complexity index is 340. The van der Waals surface area contributed by atoms with Gasteiger partial charge < -0.3 is 11.1 Å². The number of pyridine rings is 1. The van der Waals surface area contributed by atoms with E-state index in [4.69, 9.17) is 5.73 Å². The second-order valence-corrected chi connectivity index (χ2v) is 3.49. The Labute approximate surface area is 94.1 Å². The zero-order valence-electron chi connectivity index (χ0n) is 8.93. The lowest BCUT2D eigenvalue weighted by atomic mass is 10.1. The summed E-state index contributed by atoms with van der Waals surface area (Å²) < 4.78 is 0. The number of nitrogens with one attached hydrogen (secondary N) is 1. The maximum absolute atomic E-state index is 10.9. The van der Waals surface area contributed by atoms with Crippen molar-refractivity contribution in [3.05, 3.63) is 30.1 Å². The fraction of sp³-hybridized carbons (Fsp3) is 0.364. The normalized spacial score (nSPS) is 11.8. The van der Waals surface area contributed by atoms with Crippen LogP contribution in [0.3, 0.4) is 0 Å². The number of aryl methyl sites for hydroxylation is 1. The van der Waals surface area contributed by atoms with Gasteiger partial charge in [-0.3, -0.25) is 14.6 Å². The molecule has 0 saturated carbocycles. The number of hydrogen-bond donors (Lipinski definition) is 2. The van der Waals surface area contributed by atoms with Crippen molar-refractivity contribution in [2.24, 2.45) is 5.73 Å². The molecular weight excluding hydrogens is 206 g/mol. The minimum Gasteiger partial charge on any atom is -0.368 e. The quantitative estimate of drug-likeness (QED) is 0.636. The van der Waals surface area contributed by atoms with Crippen LogP contribution < -0.4 is 11.1 Å². The number of nitrogens with zero attached hydrogens (tertiary/aromatic N) is 1. The molecule has 2 amide bonds. The molecule has 86 valence electrons. The number of rotatable bonds is 7. The van der Waals surface area contributed by atoms with Gasteiger partial charge in [-0.1, -0.05) is 6.07 Å². The smallest absolute Gasteiger partial charge is 0.239 e. The second kappa shape index (κ2) is 6.55. The molecule has 16 heavy (non-hydrogen) atoms. The lowest BCUT2D eigenvalue weighted by Gasteiger charge is -2.11. The Hall–Kier alpha value is -1.91. The summed E-state index contributed by atoms with van der Waals surface area (Å²) in [5.74, 6) is -0.502. The largest absolute Gasteiger partial charge is 0.368 e. The van der Waals surface area contributed by atoms with Gasteiger partial charge in [0.15, 0.2) is 0 Å². The van der Waals surface area contributed by atoms with Gasteiger partial charge in [0, 0.05) is 12.4 Å². The van der Waals surface area contributed by atoms with E-state index in [1.54, 1.807) is 12.4 Å². The van der Waals surface area contributed by atoms with Gasteiger partial charge >= 0.3 is 0 Å². The highest BCUT2D eigenvalue weighted by Gasteiger charge is 2.12. The fourth-order valence-corrected chi connectivity index (χ4v) is 1.45. The van der Waals surface area contributed by atoms with Crippen LogP contribution in [0.15, 0.2) is 24.5 Å². The van der Waals surface area contributed by atoms with E-state index in [2.05, 4.69) is 10.3 Å². The topological polar surface area (TPSA) is 85.1 Å². The number of amides is 2. The molecule has 1 aromatic heterocycles. The number of carbonyl (C=O) groups excluding carboxylic acids is 2. The lowest BCUT2D eigenvalue weighted by molar-refractivity contribution is -0.122. The monoisotopic (exact) mass is 221 g/mol. The van der Waals surface area contributed by atoms with Crippen LogP contribution in [-0.2, 0) is 16.0 Å². The van der Waals surface area contributed by atoms with Gasteiger partial charge in [0.2, 0.25) is 12.3 Å². The molecular formula is C11H15N3O2. The first-order valence-electron chi connectivity index (χ1n) is 5.12. The van der Waals surface area contributed by atoms with E-state index >= 15 is 0 Å². The highest BCUT2D eigenvalue weighted by molar-refractivity contribution is 5.81. The summed E-state index contributed by atoms with van der Waals surface area (Å²) in [7, 11) is 0. The summed E-state index contributed by atoms with van der Waals surface area (Å²) in [5, 5.41) is 2.40. The molecule has 0 aliphatic carbocycles. The van der Waals surface area contributed by atoms with Crippen LogP contribution in [0, 0.1) is 0 Å². The van der Waals surface area contributed by atoms with E-state index in [9.17, 15) is 9.59 Å². The van der Waals surface area contributed by atoms with E-state index in [0.29, 0.717) is 12.8 Å². The SMILES string of the molecule is NC(=O)C(CCCc1cccnc1)NC=O. The summed E-state index contributed by atoms with van der Waals surface area (Å²) in [6, 6.07) is 3.26. The van der Waals surface area contributed by atoms with Crippen LogP contribution in [0.2, 0.25) is 0 Å². The molecule has 0 aliphatic heterocycles. The number of aromatic nitrogens is 1. The van der Waals surface area contributed by atoms with E-state index in [1.807, 2.05) is 12.1 Å². The van der Waals surface area contributed by atoms with Crippen molar-refractivity contribution in [3.63, 3.8) is 0 Å². The third-order valence-electron chi connectivity index (χ3n) is 2.29. The minimum atomic E-state index is -0.575. The van der Waals surface area contributed by atoms with Crippen LogP contribution in [-0.4, -0.2) is 23.3 Å². The Morgan fingerprint density at radius 2 is 2.44 bits per heavy atom. The van der Waals surface area contributed by atoms with Crippen molar-refractivity contribution in [1.82, 2.24) is 10.3 Å². The van der Waals surface area contributed by atoms with Crippen LogP contribution in [0.5, 0.6) is 0 Å². The maximum Gasteiger partial charge on any atom is 0.239 e. The summed E-state index contributed by atoms with van der Waals surface area (Å²) in [4.78, 5) is 25.1. The minimum absolute atomic E-state index is 0.500. The van der Waals surface area contributed by atoms with Gasteiger partial charge in [0.25, 0.3) is 0 Å². The van der Waals surface area contributed by atoms with E-state index in [1.165, 1.54) is 0 Å². The van der Waals surface area contributed by atoms with Gasteiger partial charge in [-0.25, -0.2) is 0 Å². The highest BCUT2D eigenvalue weighted by atomic mass is 16.2. The van der Waals surface area contributed by atoms with Crippen molar-refractivity contribution in [1.29, 1.82) is 0 Å². The van der Waals surface area contributed by atoms with Crippen LogP contribution >= 0.6 is 0 Å². The van der Waals surface area contributed by atoms with Crippen molar-refractivity contribution in [2.75, 3.05) is 0 Å². The molecule has 1 unspecified atom stereocenters. The molecule has 3 N–H and O–H groups in total. The van der Waals surface area contributed by atoms with Gasteiger partial charge in [-0.05, 0) is 30.9 Å². The lowest BCUT2D eigenvalue weighted by Crippen LogP contribution is -2.40. The molecule has 0 radical (unpaired) electrons. The first kappa shape index (κ1) is 12.2. The van der Waals surface area contributed by atoms with Crippen molar-refractivity contribution >= 4 is 12.3 Å². The zero-order chi connectivity index (χ0) is 11.8. The van der Waals surface area contributed by atoms with Crippen LogP contribution in [0.4, 0.5) is 0 Å². The third-order valence-corrected chi connectivity index (χ3v) is 2.29.